The number of hydrogen-bond donors (Lipinski definition) is 1. The van der Waals surface area contributed by atoms with Crippen LogP contribution in [-0.4, -0.2) is 30.1 Å². The number of nitriles is 1. The summed E-state index contributed by atoms with van der Waals surface area (Å²) in [5.74, 6) is 1.10. The van der Waals surface area contributed by atoms with Gasteiger partial charge in [-0.25, -0.2) is 0 Å². The molecule has 4 nitrogen and oxygen atoms in total. The summed E-state index contributed by atoms with van der Waals surface area (Å²) in [5, 5.41) is 9.04. The van der Waals surface area contributed by atoms with Crippen molar-refractivity contribution < 1.29 is 4.74 Å². The molecule has 0 bridgehead atoms. The lowest BCUT2D eigenvalue weighted by Crippen LogP contribution is -2.48. The van der Waals surface area contributed by atoms with E-state index in [1.807, 2.05) is 36.4 Å². The number of nitrogen functional groups attached to an aromatic ring is 1. The standard InChI is InChI=1S/C27H29N3O/c1-20(17-23-9-5-6-10-26(23)29)30-16-15-27(25(19-30)22-7-3-2-4-8-22)31-24-13-11-21(18-28)12-14-24/h2-14,20,25,27H,15-17,19,29H2,1H3/t20?,25-,27-/m0/s1. The van der Waals surface area contributed by atoms with Gasteiger partial charge in [-0.15, -0.1) is 0 Å². The molecule has 1 aliphatic heterocycles. The Hall–Kier alpha value is -3.29. The van der Waals surface area contributed by atoms with Crippen molar-refractivity contribution in [3.05, 3.63) is 95.6 Å². The molecule has 3 aromatic carbocycles. The molecule has 3 atom stereocenters. The molecule has 0 amide bonds. The number of likely N-dealkylation sites (tertiary alicyclic amines) is 1. The van der Waals surface area contributed by atoms with Gasteiger partial charge < -0.3 is 10.5 Å². The van der Waals surface area contributed by atoms with Crippen LogP contribution in [0.3, 0.4) is 0 Å². The summed E-state index contributed by atoms with van der Waals surface area (Å²) in [4.78, 5) is 2.56. The number of piperidine rings is 1. The van der Waals surface area contributed by atoms with Gasteiger partial charge in [0, 0.05) is 30.7 Å². The third kappa shape index (κ3) is 5.07. The van der Waals surface area contributed by atoms with Crippen molar-refractivity contribution in [2.45, 2.75) is 37.8 Å². The lowest BCUT2D eigenvalue weighted by atomic mass is 9.86. The zero-order chi connectivity index (χ0) is 21.6. The van der Waals surface area contributed by atoms with Crippen LogP contribution in [0.25, 0.3) is 0 Å². The first-order chi connectivity index (χ1) is 15.1. The minimum absolute atomic E-state index is 0.0978. The van der Waals surface area contributed by atoms with Crippen molar-refractivity contribution in [2.75, 3.05) is 18.8 Å². The van der Waals surface area contributed by atoms with Gasteiger partial charge in [-0.05, 0) is 61.2 Å². The predicted molar refractivity (Wildman–Crippen MR) is 125 cm³/mol. The van der Waals surface area contributed by atoms with Crippen LogP contribution in [0.15, 0.2) is 78.9 Å². The molecule has 1 fully saturated rings. The Bertz CT molecular complexity index is 1030. The summed E-state index contributed by atoms with van der Waals surface area (Å²) in [5.41, 5.74) is 10.2. The highest BCUT2D eigenvalue weighted by Gasteiger charge is 2.33. The molecule has 0 aliphatic carbocycles. The second kappa shape index (κ2) is 9.68. The van der Waals surface area contributed by atoms with Crippen molar-refractivity contribution in [3.63, 3.8) is 0 Å². The van der Waals surface area contributed by atoms with Crippen LogP contribution >= 0.6 is 0 Å². The quantitative estimate of drug-likeness (QED) is 0.579. The molecule has 1 heterocycles. The highest BCUT2D eigenvalue weighted by Crippen LogP contribution is 2.32. The topological polar surface area (TPSA) is 62.3 Å². The summed E-state index contributed by atoms with van der Waals surface area (Å²) >= 11 is 0. The molecule has 0 radical (unpaired) electrons. The SMILES string of the molecule is CC(Cc1ccccc1N)N1CC[C@H](Oc2ccc(C#N)cc2)[C@H](c2ccccc2)C1. The second-order valence-electron chi connectivity index (χ2n) is 8.35. The molecule has 1 aliphatic rings. The first kappa shape index (κ1) is 21.0. The fourth-order valence-electron chi connectivity index (χ4n) is 4.47. The van der Waals surface area contributed by atoms with Crippen LogP contribution in [0.2, 0.25) is 0 Å². The minimum atomic E-state index is 0.0978. The van der Waals surface area contributed by atoms with Gasteiger partial charge in [-0.2, -0.15) is 5.26 Å². The molecule has 4 rings (SSSR count). The molecule has 4 heteroatoms. The summed E-state index contributed by atoms with van der Waals surface area (Å²) in [7, 11) is 0. The molecule has 3 aromatic rings. The zero-order valence-corrected chi connectivity index (χ0v) is 17.9. The number of benzene rings is 3. The van der Waals surface area contributed by atoms with Gasteiger partial charge in [-0.1, -0.05) is 48.5 Å². The van der Waals surface area contributed by atoms with Gasteiger partial charge in [0.1, 0.15) is 11.9 Å². The van der Waals surface area contributed by atoms with Crippen molar-refractivity contribution in [1.82, 2.24) is 4.90 Å². The number of nitrogens with two attached hydrogens (primary N) is 1. The van der Waals surface area contributed by atoms with E-state index < -0.39 is 0 Å². The Morgan fingerprint density at radius 3 is 2.45 bits per heavy atom. The monoisotopic (exact) mass is 411 g/mol. The van der Waals surface area contributed by atoms with Crippen molar-refractivity contribution in [1.29, 1.82) is 5.26 Å². The van der Waals surface area contributed by atoms with E-state index in [1.54, 1.807) is 0 Å². The zero-order valence-electron chi connectivity index (χ0n) is 17.9. The fourth-order valence-corrected chi connectivity index (χ4v) is 4.47. The molecule has 2 N–H and O–H groups in total. The molecule has 158 valence electrons. The summed E-state index contributed by atoms with van der Waals surface area (Å²) < 4.78 is 6.43. The van der Waals surface area contributed by atoms with Crippen molar-refractivity contribution >= 4 is 5.69 Å². The van der Waals surface area contributed by atoms with Crippen molar-refractivity contribution in [3.8, 4) is 11.8 Å². The van der Waals surface area contributed by atoms with Gasteiger partial charge in [0.2, 0.25) is 0 Å². The average Bonchev–Trinajstić information content (AvgIpc) is 2.82. The van der Waals surface area contributed by atoms with E-state index in [0.717, 1.165) is 37.4 Å². The molecule has 1 saturated heterocycles. The first-order valence-electron chi connectivity index (χ1n) is 10.9. The van der Waals surface area contributed by atoms with E-state index in [2.05, 4.69) is 60.4 Å². The number of rotatable bonds is 6. The Morgan fingerprint density at radius 2 is 1.74 bits per heavy atom. The Labute approximate surface area is 184 Å². The van der Waals surface area contributed by atoms with E-state index in [1.165, 1.54) is 11.1 Å². The maximum Gasteiger partial charge on any atom is 0.119 e. The highest BCUT2D eigenvalue weighted by molar-refractivity contribution is 5.46. The van der Waals surface area contributed by atoms with Gasteiger partial charge in [0.25, 0.3) is 0 Å². The number of anilines is 1. The molecule has 31 heavy (non-hydrogen) atoms. The van der Waals surface area contributed by atoms with Crippen LogP contribution < -0.4 is 10.5 Å². The minimum Gasteiger partial charge on any atom is -0.490 e. The maximum atomic E-state index is 9.04. The summed E-state index contributed by atoms with van der Waals surface area (Å²) in [6.07, 6.45) is 1.99. The van der Waals surface area contributed by atoms with Crippen LogP contribution in [-0.2, 0) is 6.42 Å². The molecule has 0 saturated carbocycles. The number of hydrogen-bond acceptors (Lipinski definition) is 4. The average molecular weight is 412 g/mol. The molecule has 0 spiro atoms. The number of para-hydroxylation sites is 1. The van der Waals surface area contributed by atoms with Gasteiger partial charge in [-0.3, -0.25) is 4.90 Å². The smallest absolute Gasteiger partial charge is 0.119 e. The third-order valence-corrected chi connectivity index (χ3v) is 6.27. The van der Waals surface area contributed by atoms with E-state index >= 15 is 0 Å². The highest BCUT2D eigenvalue weighted by atomic mass is 16.5. The predicted octanol–water partition coefficient (Wildman–Crippen LogP) is 5.01. The molecule has 0 aromatic heterocycles. The second-order valence-corrected chi connectivity index (χ2v) is 8.35. The fraction of sp³-hybridized carbons (Fsp3) is 0.296. The first-order valence-corrected chi connectivity index (χ1v) is 10.9. The van der Waals surface area contributed by atoms with E-state index in [-0.39, 0.29) is 12.0 Å². The van der Waals surface area contributed by atoms with E-state index in [4.69, 9.17) is 15.7 Å². The van der Waals surface area contributed by atoms with Crippen LogP contribution in [0, 0.1) is 11.3 Å². The number of ether oxygens (including phenoxy) is 1. The molecular formula is C27H29N3O. The Kier molecular flexibility index (Phi) is 6.54. The van der Waals surface area contributed by atoms with Crippen LogP contribution in [0.1, 0.15) is 36.0 Å². The Morgan fingerprint density at radius 1 is 1.03 bits per heavy atom. The van der Waals surface area contributed by atoms with Crippen LogP contribution in [0.4, 0.5) is 5.69 Å². The number of nitrogens with zero attached hydrogens (tertiary/aromatic N) is 2. The molecular weight excluding hydrogens is 382 g/mol. The summed E-state index contributed by atoms with van der Waals surface area (Å²) in [6, 6.07) is 28.8. The van der Waals surface area contributed by atoms with Gasteiger partial charge in [0.15, 0.2) is 0 Å². The third-order valence-electron chi connectivity index (χ3n) is 6.27. The largest absolute Gasteiger partial charge is 0.490 e. The van der Waals surface area contributed by atoms with Gasteiger partial charge in [0.05, 0.1) is 11.6 Å². The molecule has 1 unspecified atom stereocenters. The van der Waals surface area contributed by atoms with Crippen molar-refractivity contribution in [2.24, 2.45) is 0 Å². The lowest BCUT2D eigenvalue weighted by molar-refractivity contribution is 0.0590. The van der Waals surface area contributed by atoms with Gasteiger partial charge >= 0.3 is 0 Å². The normalized spacial score (nSPS) is 20.0. The maximum absolute atomic E-state index is 9.04. The van der Waals surface area contributed by atoms with Crippen LogP contribution in [0.5, 0.6) is 5.75 Å². The summed E-state index contributed by atoms with van der Waals surface area (Å²) in [6.45, 7) is 4.22. The van der Waals surface area contributed by atoms with E-state index in [9.17, 15) is 0 Å². The Balaban J connectivity index is 1.50. The lowest BCUT2D eigenvalue weighted by Gasteiger charge is -2.41. The van der Waals surface area contributed by atoms with E-state index in [0.29, 0.717) is 11.6 Å².